The average molecular weight is 332 g/mol. The number of hydrogen-bond acceptors (Lipinski definition) is 3. The molecule has 0 aliphatic carbocycles. The van der Waals surface area contributed by atoms with Gasteiger partial charge in [-0.25, -0.2) is 4.79 Å². The molecule has 0 bridgehead atoms. The number of carbonyl (C=O) groups is 1. The van der Waals surface area contributed by atoms with Crippen LogP contribution in [-0.2, 0) is 6.54 Å². The van der Waals surface area contributed by atoms with E-state index in [1.807, 2.05) is 18.2 Å². The predicted octanol–water partition coefficient (Wildman–Crippen LogP) is 3.09. The topological polar surface area (TPSA) is 64.0 Å². The number of aliphatic hydroxyl groups excluding tert-OH is 1. The minimum Gasteiger partial charge on any atom is -0.465 e. The number of hydrogen-bond donors (Lipinski definition) is 2. The van der Waals surface area contributed by atoms with Crippen LogP contribution in [0.4, 0.5) is 4.79 Å². The maximum absolute atomic E-state index is 11.6. The molecular formula is C19H28N2O3. The molecule has 1 saturated heterocycles. The molecule has 3 atom stereocenters. The Balaban J connectivity index is 1.78. The third-order valence-electron chi connectivity index (χ3n) is 5.53. The van der Waals surface area contributed by atoms with Gasteiger partial charge in [0, 0.05) is 31.7 Å². The first-order valence-corrected chi connectivity index (χ1v) is 8.77. The average Bonchev–Trinajstić information content (AvgIpc) is 2.53. The van der Waals surface area contributed by atoms with E-state index in [4.69, 9.17) is 0 Å². The third-order valence-corrected chi connectivity index (χ3v) is 5.53. The Bertz CT molecular complexity index is 611. The van der Waals surface area contributed by atoms with E-state index in [2.05, 4.69) is 31.7 Å². The quantitative estimate of drug-likeness (QED) is 0.829. The number of likely N-dealkylation sites (tertiary alicyclic amines) is 1. The lowest BCUT2D eigenvalue weighted by molar-refractivity contribution is -0.00309. The second-order valence-corrected chi connectivity index (χ2v) is 8.18. The Morgan fingerprint density at radius 3 is 2.62 bits per heavy atom. The van der Waals surface area contributed by atoms with Crippen LogP contribution in [0.25, 0.3) is 0 Å². The number of benzene rings is 1. The van der Waals surface area contributed by atoms with Crippen LogP contribution < -0.4 is 0 Å². The highest BCUT2D eigenvalue weighted by Gasteiger charge is 2.41. The van der Waals surface area contributed by atoms with Gasteiger partial charge < -0.3 is 15.1 Å². The zero-order chi connectivity index (χ0) is 17.5. The van der Waals surface area contributed by atoms with E-state index in [1.165, 1.54) is 5.56 Å². The summed E-state index contributed by atoms with van der Waals surface area (Å²) in [5.74, 6) is 0. The summed E-state index contributed by atoms with van der Waals surface area (Å²) in [5, 5.41) is 20.0. The molecule has 3 unspecified atom stereocenters. The highest BCUT2D eigenvalue weighted by molar-refractivity contribution is 5.65. The van der Waals surface area contributed by atoms with E-state index < -0.39 is 12.2 Å². The van der Waals surface area contributed by atoms with Gasteiger partial charge in [0.25, 0.3) is 0 Å². The molecule has 5 nitrogen and oxygen atoms in total. The summed E-state index contributed by atoms with van der Waals surface area (Å²) < 4.78 is 0. The summed E-state index contributed by atoms with van der Waals surface area (Å²) in [6.07, 6.45) is 0.372. The summed E-state index contributed by atoms with van der Waals surface area (Å²) in [6.45, 7) is 8.35. The number of amides is 1. The predicted molar refractivity (Wildman–Crippen MR) is 92.8 cm³/mol. The van der Waals surface area contributed by atoms with Crippen LogP contribution in [0.3, 0.4) is 0 Å². The number of β-amino-alcohol motifs (C(OH)–C–C–N with tert-alkyl or cyclic N) is 1. The van der Waals surface area contributed by atoms with Gasteiger partial charge >= 0.3 is 6.09 Å². The summed E-state index contributed by atoms with van der Waals surface area (Å²) in [4.78, 5) is 15.5. The molecule has 2 aliphatic heterocycles. The minimum absolute atomic E-state index is 0.00284. The molecule has 0 radical (unpaired) electrons. The second-order valence-electron chi connectivity index (χ2n) is 8.18. The Morgan fingerprint density at radius 2 is 1.96 bits per heavy atom. The summed E-state index contributed by atoms with van der Waals surface area (Å²) in [6, 6.07) is 8.38. The van der Waals surface area contributed by atoms with E-state index in [9.17, 15) is 15.0 Å². The zero-order valence-electron chi connectivity index (χ0n) is 14.8. The highest BCUT2D eigenvalue weighted by Crippen LogP contribution is 2.36. The number of nitrogens with zero attached hydrogens (tertiary/aromatic N) is 2. The molecule has 2 heterocycles. The van der Waals surface area contributed by atoms with Gasteiger partial charge in [-0.05, 0) is 29.4 Å². The van der Waals surface area contributed by atoms with Crippen LogP contribution in [0.2, 0.25) is 0 Å². The second kappa shape index (κ2) is 6.37. The molecule has 1 fully saturated rings. The molecular weight excluding hydrogens is 304 g/mol. The van der Waals surface area contributed by atoms with Crippen LogP contribution in [0.1, 0.15) is 50.8 Å². The first kappa shape index (κ1) is 17.2. The van der Waals surface area contributed by atoms with Gasteiger partial charge in [-0.15, -0.1) is 0 Å². The first-order chi connectivity index (χ1) is 11.3. The van der Waals surface area contributed by atoms with Crippen molar-refractivity contribution < 1.29 is 15.0 Å². The number of piperidine rings is 1. The van der Waals surface area contributed by atoms with Gasteiger partial charge in [-0.1, -0.05) is 45.0 Å². The Hall–Kier alpha value is -1.59. The maximum atomic E-state index is 11.6. The normalized spacial score (nSPS) is 28.5. The summed E-state index contributed by atoms with van der Waals surface area (Å²) >= 11 is 0. The third kappa shape index (κ3) is 3.28. The van der Waals surface area contributed by atoms with Gasteiger partial charge in [0.05, 0.1) is 6.10 Å². The fraction of sp³-hybridized carbons (Fsp3) is 0.632. The van der Waals surface area contributed by atoms with E-state index >= 15 is 0 Å². The van der Waals surface area contributed by atoms with Crippen LogP contribution in [0, 0.1) is 5.41 Å². The van der Waals surface area contributed by atoms with Crippen LogP contribution >= 0.6 is 0 Å². The number of fused-ring (bicyclic) bond motifs is 1. The van der Waals surface area contributed by atoms with E-state index in [-0.39, 0.29) is 11.5 Å². The molecule has 1 aromatic rings. The summed E-state index contributed by atoms with van der Waals surface area (Å²) in [5.41, 5.74) is 2.12. The molecule has 0 aromatic heterocycles. The Morgan fingerprint density at radius 1 is 1.25 bits per heavy atom. The maximum Gasteiger partial charge on any atom is 0.407 e. The van der Waals surface area contributed by atoms with Crippen molar-refractivity contribution in [3.63, 3.8) is 0 Å². The smallest absolute Gasteiger partial charge is 0.407 e. The molecule has 1 amide bonds. The lowest BCUT2D eigenvalue weighted by Gasteiger charge is -2.48. The van der Waals surface area contributed by atoms with Crippen molar-refractivity contribution in [2.24, 2.45) is 5.41 Å². The number of aliphatic hydroxyl groups is 1. The minimum atomic E-state index is -0.822. The SMILES string of the molecule is CC(C)(C)C1CC(N2Cc3ccccc3C(O)C2)CCN1C(=O)O. The van der Waals surface area contributed by atoms with Crippen molar-refractivity contribution in [1.82, 2.24) is 9.80 Å². The van der Waals surface area contributed by atoms with Gasteiger partial charge in [0.2, 0.25) is 0 Å². The Kier molecular flexibility index (Phi) is 4.58. The standard InChI is InChI=1S/C19H28N2O3/c1-19(2,3)17-10-14(8-9-21(17)18(23)24)20-11-13-6-4-5-7-15(13)16(22)12-20/h4-7,14,16-17,22H,8-12H2,1-3H3,(H,23,24). The molecule has 132 valence electrons. The van der Waals surface area contributed by atoms with Gasteiger partial charge in [-0.2, -0.15) is 0 Å². The first-order valence-electron chi connectivity index (χ1n) is 8.77. The lowest BCUT2D eigenvalue weighted by atomic mass is 9.78. The molecule has 0 spiro atoms. The molecule has 2 aliphatic rings. The Labute approximate surface area is 143 Å². The van der Waals surface area contributed by atoms with Crippen molar-refractivity contribution in [2.45, 2.75) is 58.3 Å². The van der Waals surface area contributed by atoms with Crippen molar-refractivity contribution in [2.75, 3.05) is 13.1 Å². The van der Waals surface area contributed by atoms with E-state index in [1.54, 1.807) is 4.90 Å². The molecule has 1 aromatic carbocycles. The highest BCUT2D eigenvalue weighted by atomic mass is 16.4. The largest absolute Gasteiger partial charge is 0.465 e. The monoisotopic (exact) mass is 332 g/mol. The van der Waals surface area contributed by atoms with Crippen molar-refractivity contribution in [1.29, 1.82) is 0 Å². The van der Waals surface area contributed by atoms with Crippen molar-refractivity contribution in [3.8, 4) is 0 Å². The van der Waals surface area contributed by atoms with E-state index in [0.29, 0.717) is 19.1 Å². The fourth-order valence-electron chi connectivity index (χ4n) is 4.21. The molecule has 3 rings (SSSR count). The summed E-state index contributed by atoms with van der Waals surface area (Å²) in [7, 11) is 0. The number of rotatable bonds is 1. The molecule has 5 heteroatoms. The fourth-order valence-corrected chi connectivity index (χ4v) is 4.21. The lowest BCUT2D eigenvalue weighted by Crippen LogP contribution is -2.56. The molecule has 0 saturated carbocycles. The van der Waals surface area contributed by atoms with Crippen molar-refractivity contribution in [3.05, 3.63) is 35.4 Å². The molecule has 24 heavy (non-hydrogen) atoms. The number of carboxylic acid groups (broad SMARTS) is 1. The molecule has 2 N–H and O–H groups in total. The van der Waals surface area contributed by atoms with Gasteiger partial charge in [-0.3, -0.25) is 4.90 Å². The van der Waals surface area contributed by atoms with Crippen LogP contribution in [-0.4, -0.2) is 51.3 Å². The van der Waals surface area contributed by atoms with Crippen molar-refractivity contribution >= 4 is 6.09 Å². The van der Waals surface area contributed by atoms with E-state index in [0.717, 1.165) is 24.9 Å². The van der Waals surface area contributed by atoms with Gasteiger partial charge in [0.1, 0.15) is 0 Å². The van der Waals surface area contributed by atoms with Gasteiger partial charge in [0.15, 0.2) is 0 Å². The van der Waals surface area contributed by atoms with Crippen LogP contribution in [0.5, 0.6) is 0 Å². The zero-order valence-corrected chi connectivity index (χ0v) is 14.8. The van der Waals surface area contributed by atoms with Crippen LogP contribution in [0.15, 0.2) is 24.3 Å².